The Hall–Kier alpha value is -1.78. The van der Waals surface area contributed by atoms with Crippen molar-refractivity contribution in [3.8, 4) is 0 Å². The predicted octanol–water partition coefficient (Wildman–Crippen LogP) is 0.630. The van der Waals surface area contributed by atoms with Crippen LogP contribution in [0.3, 0.4) is 0 Å². The van der Waals surface area contributed by atoms with Gasteiger partial charge in [-0.1, -0.05) is 0 Å². The second kappa shape index (κ2) is 3.35. The lowest BCUT2D eigenvalue weighted by Gasteiger charge is -2.20. The first-order valence-electron chi connectivity index (χ1n) is 5.71. The van der Waals surface area contributed by atoms with Crippen LogP contribution in [0.5, 0.6) is 0 Å². The molecule has 90 valence electrons. The lowest BCUT2D eigenvalue weighted by molar-refractivity contribution is -0.128. The van der Waals surface area contributed by atoms with E-state index in [-0.39, 0.29) is 17.4 Å². The average Bonchev–Trinajstić information content (AvgIpc) is 2.76. The maximum absolute atomic E-state index is 11.9. The largest absolute Gasteiger partial charge is 0.472 e. The fourth-order valence-corrected chi connectivity index (χ4v) is 2.61. The lowest BCUT2D eigenvalue weighted by Crippen LogP contribution is -2.43. The third-order valence-electron chi connectivity index (χ3n) is 3.74. The maximum atomic E-state index is 11.9. The fourth-order valence-electron chi connectivity index (χ4n) is 2.61. The number of amides is 2. The number of carbonyl (C=O) groups is 2. The summed E-state index contributed by atoms with van der Waals surface area (Å²) in [4.78, 5) is 25.0. The molecule has 1 N–H and O–H groups in total. The molecule has 0 bridgehead atoms. The number of fused-ring (bicyclic) bond motifs is 1. The summed E-state index contributed by atoms with van der Waals surface area (Å²) in [6, 6.07) is 1.64. The lowest BCUT2D eigenvalue weighted by atomic mass is 10.2. The summed E-state index contributed by atoms with van der Waals surface area (Å²) < 4.78 is 4.88. The highest BCUT2D eigenvalue weighted by molar-refractivity contribution is 5.94. The molecule has 1 saturated heterocycles. The number of furan rings is 1. The van der Waals surface area contributed by atoms with E-state index in [1.54, 1.807) is 17.9 Å². The fraction of sp³-hybridized carbons (Fsp3) is 0.500. The van der Waals surface area contributed by atoms with Crippen molar-refractivity contribution in [2.75, 3.05) is 13.1 Å². The summed E-state index contributed by atoms with van der Waals surface area (Å²) in [5, 5.41) is 3.02. The Morgan fingerprint density at radius 1 is 1.59 bits per heavy atom. The summed E-state index contributed by atoms with van der Waals surface area (Å²) in [5.74, 6) is 0.378. The van der Waals surface area contributed by atoms with Crippen molar-refractivity contribution in [3.05, 3.63) is 24.2 Å². The molecule has 0 unspecified atom stereocenters. The van der Waals surface area contributed by atoms with Crippen molar-refractivity contribution in [1.82, 2.24) is 10.2 Å². The molecule has 5 nitrogen and oxygen atoms in total. The van der Waals surface area contributed by atoms with E-state index in [4.69, 9.17) is 4.42 Å². The SMILES string of the molecule is CC(=O)N1C[C@@H]2C[C@@]2(NC(=O)c2ccoc2)C1. The quantitative estimate of drug-likeness (QED) is 0.816. The Morgan fingerprint density at radius 3 is 3.00 bits per heavy atom. The Bertz CT molecular complexity index is 468. The number of hydrogen-bond acceptors (Lipinski definition) is 3. The molecule has 0 spiro atoms. The molecule has 1 aliphatic carbocycles. The number of rotatable bonds is 2. The highest BCUT2D eigenvalue weighted by Gasteiger charge is 2.61. The van der Waals surface area contributed by atoms with E-state index in [0.29, 0.717) is 18.0 Å². The minimum Gasteiger partial charge on any atom is -0.472 e. The van der Waals surface area contributed by atoms with Crippen molar-refractivity contribution < 1.29 is 14.0 Å². The molecule has 3 rings (SSSR count). The summed E-state index contributed by atoms with van der Waals surface area (Å²) in [6.45, 7) is 2.97. The zero-order chi connectivity index (χ0) is 12.0. The third-order valence-corrected chi connectivity index (χ3v) is 3.74. The van der Waals surface area contributed by atoms with Crippen LogP contribution >= 0.6 is 0 Å². The number of nitrogens with zero attached hydrogens (tertiary/aromatic N) is 1. The highest BCUT2D eigenvalue weighted by atomic mass is 16.3. The predicted molar refractivity (Wildman–Crippen MR) is 59.3 cm³/mol. The molecule has 2 heterocycles. The second-order valence-corrected chi connectivity index (χ2v) is 4.92. The zero-order valence-electron chi connectivity index (χ0n) is 9.60. The van der Waals surface area contributed by atoms with Crippen LogP contribution in [0.15, 0.2) is 23.0 Å². The smallest absolute Gasteiger partial charge is 0.255 e. The van der Waals surface area contributed by atoms with Crippen LogP contribution in [0.25, 0.3) is 0 Å². The van der Waals surface area contributed by atoms with E-state index in [1.807, 2.05) is 0 Å². The van der Waals surface area contributed by atoms with Crippen LogP contribution in [0.1, 0.15) is 23.7 Å². The third kappa shape index (κ3) is 1.62. The second-order valence-electron chi connectivity index (χ2n) is 4.92. The Morgan fingerprint density at radius 2 is 2.41 bits per heavy atom. The molecule has 1 saturated carbocycles. The van der Waals surface area contributed by atoms with Gasteiger partial charge in [-0.3, -0.25) is 9.59 Å². The molecule has 5 heteroatoms. The van der Waals surface area contributed by atoms with E-state index in [2.05, 4.69) is 5.32 Å². The highest BCUT2D eigenvalue weighted by Crippen LogP contribution is 2.49. The van der Waals surface area contributed by atoms with Gasteiger partial charge in [0.15, 0.2) is 0 Å². The monoisotopic (exact) mass is 234 g/mol. The Labute approximate surface area is 98.8 Å². The van der Waals surface area contributed by atoms with Crippen LogP contribution in [-0.4, -0.2) is 35.3 Å². The van der Waals surface area contributed by atoms with Crippen molar-refractivity contribution in [2.24, 2.45) is 5.92 Å². The topological polar surface area (TPSA) is 62.6 Å². The van der Waals surface area contributed by atoms with Crippen molar-refractivity contribution in [3.63, 3.8) is 0 Å². The summed E-state index contributed by atoms with van der Waals surface area (Å²) >= 11 is 0. The zero-order valence-corrected chi connectivity index (χ0v) is 9.60. The van der Waals surface area contributed by atoms with Gasteiger partial charge in [-0.25, -0.2) is 0 Å². The van der Waals surface area contributed by atoms with Gasteiger partial charge in [0.05, 0.1) is 17.4 Å². The van der Waals surface area contributed by atoms with Crippen LogP contribution in [0, 0.1) is 5.92 Å². The number of nitrogens with one attached hydrogen (secondary N) is 1. The van der Waals surface area contributed by atoms with Gasteiger partial charge in [-0.15, -0.1) is 0 Å². The average molecular weight is 234 g/mol. The summed E-state index contributed by atoms with van der Waals surface area (Å²) in [5.41, 5.74) is 0.353. The van der Waals surface area contributed by atoms with Gasteiger partial charge >= 0.3 is 0 Å². The van der Waals surface area contributed by atoms with E-state index < -0.39 is 0 Å². The summed E-state index contributed by atoms with van der Waals surface area (Å²) in [7, 11) is 0. The van der Waals surface area contributed by atoms with Gasteiger partial charge < -0.3 is 14.6 Å². The van der Waals surface area contributed by atoms with Gasteiger partial charge in [0.2, 0.25) is 5.91 Å². The first-order chi connectivity index (χ1) is 8.11. The molecule has 1 aromatic heterocycles. The van der Waals surface area contributed by atoms with Crippen LogP contribution in [-0.2, 0) is 4.79 Å². The molecule has 2 fully saturated rings. The van der Waals surface area contributed by atoms with Crippen molar-refractivity contribution in [2.45, 2.75) is 18.9 Å². The van der Waals surface area contributed by atoms with E-state index in [0.717, 1.165) is 13.0 Å². The number of hydrogen-bond donors (Lipinski definition) is 1. The van der Waals surface area contributed by atoms with Gasteiger partial charge in [-0.2, -0.15) is 0 Å². The van der Waals surface area contributed by atoms with Gasteiger partial charge in [0, 0.05) is 25.9 Å². The van der Waals surface area contributed by atoms with E-state index in [9.17, 15) is 9.59 Å². The van der Waals surface area contributed by atoms with Gasteiger partial charge in [0.1, 0.15) is 6.26 Å². The maximum Gasteiger partial charge on any atom is 0.255 e. The Balaban J connectivity index is 1.68. The van der Waals surface area contributed by atoms with E-state index >= 15 is 0 Å². The first-order valence-corrected chi connectivity index (χ1v) is 5.71. The normalized spacial score (nSPS) is 29.9. The number of carbonyl (C=O) groups excluding carboxylic acids is 2. The molecule has 2 amide bonds. The number of piperidine rings is 1. The summed E-state index contributed by atoms with van der Waals surface area (Å²) in [6.07, 6.45) is 3.88. The minimum absolute atomic E-state index is 0.0779. The van der Waals surface area contributed by atoms with Crippen LogP contribution in [0.4, 0.5) is 0 Å². The Kier molecular flexibility index (Phi) is 2.05. The molecule has 1 aliphatic heterocycles. The number of likely N-dealkylation sites (tertiary alicyclic amines) is 1. The minimum atomic E-state index is -0.181. The molecule has 2 aliphatic rings. The molecular formula is C12H14N2O3. The van der Waals surface area contributed by atoms with Gasteiger partial charge in [-0.05, 0) is 12.5 Å². The van der Waals surface area contributed by atoms with Gasteiger partial charge in [0.25, 0.3) is 5.91 Å². The molecule has 0 radical (unpaired) electrons. The molecule has 1 aromatic rings. The standard InChI is InChI=1S/C12H14N2O3/c1-8(15)14-5-10-4-12(10,7-14)13-11(16)9-2-3-17-6-9/h2-3,6,10H,4-5,7H2,1H3,(H,13,16)/t10-,12+/m0/s1. The molecule has 17 heavy (non-hydrogen) atoms. The van der Waals surface area contributed by atoms with Crippen LogP contribution in [0.2, 0.25) is 0 Å². The van der Waals surface area contributed by atoms with Crippen LogP contribution < -0.4 is 5.32 Å². The molecule has 0 aromatic carbocycles. The molecule has 2 atom stereocenters. The van der Waals surface area contributed by atoms with Crippen molar-refractivity contribution in [1.29, 1.82) is 0 Å². The first kappa shape index (κ1) is 10.4. The molecular weight excluding hydrogens is 220 g/mol. The van der Waals surface area contributed by atoms with Crippen molar-refractivity contribution >= 4 is 11.8 Å². The van der Waals surface area contributed by atoms with E-state index in [1.165, 1.54) is 12.5 Å².